The number of hydrogen-bond donors (Lipinski definition) is 1. The largest absolute Gasteiger partial charge is 0.495 e. The quantitative estimate of drug-likeness (QED) is 0.556. The molecule has 0 saturated heterocycles. The summed E-state index contributed by atoms with van der Waals surface area (Å²) in [5.41, 5.74) is 2.41. The lowest BCUT2D eigenvalue weighted by Crippen LogP contribution is -2.40. The van der Waals surface area contributed by atoms with Crippen molar-refractivity contribution in [3.63, 3.8) is 0 Å². The Balaban J connectivity index is 1.72. The fourth-order valence-corrected chi connectivity index (χ4v) is 3.92. The van der Waals surface area contributed by atoms with E-state index in [9.17, 15) is 9.59 Å². The van der Waals surface area contributed by atoms with Crippen LogP contribution in [0.25, 0.3) is 0 Å². The summed E-state index contributed by atoms with van der Waals surface area (Å²) in [5, 5.41) is 7.24. The normalized spacial score (nSPS) is 15.1. The monoisotopic (exact) mass is 447 g/mol. The van der Waals surface area contributed by atoms with Gasteiger partial charge in [0.15, 0.2) is 0 Å². The van der Waals surface area contributed by atoms with Gasteiger partial charge in [-0.15, -0.1) is 0 Å². The molecule has 4 rings (SSSR count). The van der Waals surface area contributed by atoms with Crippen LogP contribution in [0, 0.1) is 0 Å². The fraction of sp³-hybridized carbons (Fsp3) is 0.250. The Hall–Kier alpha value is -4.14. The van der Waals surface area contributed by atoms with Crippen LogP contribution in [0.2, 0.25) is 0 Å². The SMILES string of the molecule is CCOC(=O)C1=C(C)N(CC(=O)Nc2ccccc2OC)c2ncnn2[C@@H]1c1ccccc1. The highest BCUT2D eigenvalue weighted by Crippen LogP contribution is 2.38. The van der Waals surface area contributed by atoms with E-state index in [-0.39, 0.29) is 19.1 Å². The van der Waals surface area contributed by atoms with Gasteiger partial charge < -0.3 is 19.7 Å². The third kappa shape index (κ3) is 4.30. The van der Waals surface area contributed by atoms with Crippen LogP contribution in [-0.4, -0.2) is 46.9 Å². The number of fused-ring (bicyclic) bond motifs is 1. The van der Waals surface area contributed by atoms with Gasteiger partial charge in [0.25, 0.3) is 0 Å². The molecule has 1 aromatic heterocycles. The molecule has 0 fully saturated rings. The molecular formula is C24H25N5O4. The number of benzene rings is 2. The van der Waals surface area contributed by atoms with Gasteiger partial charge in [0, 0.05) is 5.70 Å². The molecule has 0 aliphatic carbocycles. The van der Waals surface area contributed by atoms with Gasteiger partial charge in [-0.25, -0.2) is 9.48 Å². The van der Waals surface area contributed by atoms with E-state index >= 15 is 0 Å². The third-order valence-electron chi connectivity index (χ3n) is 5.40. The second-order valence-electron chi connectivity index (χ2n) is 7.37. The van der Waals surface area contributed by atoms with E-state index < -0.39 is 12.0 Å². The first-order valence-electron chi connectivity index (χ1n) is 10.6. The van der Waals surface area contributed by atoms with Crippen LogP contribution < -0.4 is 15.0 Å². The van der Waals surface area contributed by atoms with Gasteiger partial charge in [-0.05, 0) is 31.5 Å². The van der Waals surface area contributed by atoms with Crippen LogP contribution in [0.3, 0.4) is 0 Å². The zero-order chi connectivity index (χ0) is 23.4. The number of para-hydroxylation sites is 2. The van der Waals surface area contributed by atoms with Gasteiger partial charge >= 0.3 is 5.97 Å². The van der Waals surface area contributed by atoms with E-state index in [1.165, 1.54) is 6.33 Å². The number of allylic oxidation sites excluding steroid dienone is 1. The van der Waals surface area contributed by atoms with Crippen LogP contribution >= 0.6 is 0 Å². The van der Waals surface area contributed by atoms with Crippen molar-refractivity contribution in [2.45, 2.75) is 19.9 Å². The van der Waals surface area contributed by atoms with Gasteiger partial charge in [-0.2, -0.15) is 10.1 Å². The lowest BCUT2D eigenvalue weighted by atomic mass is 9.95. The molecule has 2 aromatic carbocycles. The number of hydrogen-bond acceptors (Lipinski definition) is 7. The lowest BCUT2D eigenvalue weighted by molar-refractivity contribution is -0.139. The Kier molecular flexibility index (Phi) is 6.39. The van der Waals surface area contributed by atoms with Gasteiger partial charge in [-0.1, -0.05) is 42.5 Å². The fourth-order valence-electron chi connectivity index (χ4n) is 3.92. The maximum atomic E-state index is 13.0. The molecule has 1 atom stereocenters. The minimum atomic E-state index is -0.517. The standard InChI is InChI=1S/C24H25N5O4/c1-4-33-23(31)21-16(2)28(14-20(30)27-18-12-8-9-13-19(18)32-3)24-25-15-26-29(24)22(21)17-10-6-5-7-11-17/h5-13,15,22H,4,14H2,1-3H3,(H,27,30)/t22-/m1/s1. The second kappa shape index (κ2) is 9.56. The van der Waals surface area contributed by atoms with E-state index in [0.717, 1.165) is 5.56 Å². The summed E-state index contributed by atoms with van der Waals surface area (Å²) in [4.78, 5) is 32.1. The van der Waals surface area contributed by atoms with E-state index in [0.29, 0.717) is 28.7 Å². The number of anilines is 2. The van der Waals surface area contributed by atoms with Crippen LogP contribution in [-0.2, 0) is 14.3 Å². The number of esters is 1. The molecule has 2 heterocycles. The Morgan fingerprint density at radius 2 is 1.82 bits per heavy atom. The average molecular weight is 447 g/mol. The Morgan fingerprint density at radius 1 is 1.09 bits per heavy atom. The molecule has 0 radical (unpaired) electrons. The molecule has 170 valence electrons. The molecule has 0 saturated carbocycles. The molecule has 9 nitrogen and oxygen atoms in total. The number of ether oxygens (including phenoxy) is 2. The molecule has 9 heteroatoms. The van der Waals surface area contributed by atoms with Crippen molar-refractivity contribution in [1.29, 1.82) is 0 Å². The van der Waals surface area contributed by atoms with Crippen molar-refractivity contribution in [2.75, 3.05) is 30.5 Å². The Labute approximate surface area is 191 Å². The number of rotatable bonds is 7. The van der Waals surface area contributed by atoms with Gasteiger partial charge in [-0.3, -0.25) is 4.79 Å². The topological polar surface area (TPSA) is 98.6 Å². The van der Waals surface area contributed by atoms with Crippen LogP contribution in [0.4, 0.5) is 11.6 Å². The smallest absolute Gasteiger partial charge is 0.338 e. The van der Waals surface area contributed by atoms with Gasteiger partial charge in [0.2, 0.25) is 11.9 Å². The molecule has 0 bridgehead atoms. The first-order chi connectivity index (χ1) is 16.0. The lowest BCUT2D eigenvalue weighted by Gasteiger charge is -2.35. The van der Waals surface area contributed by atoms with Crippen LogP contribution in [0.15, 0.2) is 72.2 Å². The van der Waals surface area contributed by atoms with Crippen LogP contribution in [0.1, 0.15) is 25.5 Å². The van der Waals surface area contributed by atoms with Crippen LogP contribution in [0.5, 0.6) is 5.75 Å². The number of amides is 1. The summed E-state index contributed by atoms with van der Waals surface area (Å²) in [6.45, 7) is 3.70. The Bertz CT molecular complexity index is 1190. The molecular weight excluding hydrogens is 422 g/mol. The van der Waals surface area contributed by atoms with Crippen molar-refractivity contribution >= 4 is 23.5 Å². The summed E-state index contributed by atoms with van der Waals surface area (Å²) in [5.74, 6) is 0.260. The van der Waals surface area contributed by atoms with Gasteiger partial charge in [0.05, 0.1) is 25.0 Å². The predicted octanol–water partition coefficient (Wildman–Crippen LogP) is 3.17. The summed E-state index contributed by atoms with van der Waals surface area (Å²) in [6, 6.07) is 16.2. The molecule has 3 aromatic rings. The highest BCUT2D eigenvalue weighted by molar-refractivity contribution is 5.97. The summed E-state index contributed by atoms with van der Waals surface area (Å²) >= 11 is 0. The number of methoxy groups -OCH3 is 1. The zero-order valence-electron chi connectivity index (χ0n) is 18.7. The van der Waals surface area contributed by atoms with Crippen molar-refractivity contribution in [3.8, 4) is 5.75 Å². The molecule has 0 unspecified atom stereocenters. The number of nitrogens with zero attached hydrogens (tertiary/aromatic N) is 4. The van der Waals surface area contributed by atoms with Crippen molar-refractivity contribution < 1.29 is 19.1 Å². The molecule has 0 spiro atoms. The number of carbonyl (C=O) groups excluding carboxylic acids is 2. The first-order valence-corrected chi connectivity index (χ1v) is 10.6. The number of aromatic nitrogens is 3. The maximum Gasteiger partial charge on any atom is 0.338 e. The van der Waals surface area contributed by atoms with E-state index in [4.69, 9.17) is 9.47 Å². The molecule has 1 N–H and O–H groups in total. The second-order valence-corrected chi connectivity index (χ2v) is 7.37. The maximum absolute atomic E-state index is 13.0. The minimum absolute atomic E-state index is 0.0764. The molecule has 1 amide bonds. The molecule has 33 heavy (non-hydrogen) atoms. The number of carbonyl (C=O) groups is 2. The average Bonchev–Trinajstić information content (AvgIpc) is 3.31. The van der Waals surface area contributed by atoms with Crippen molar-refractivity contribution in [1.82, 2.24) is 14.8 Å². The van der Waals surface area contributed by atoms with E-state index in [2.05, 4.69) is 15.4 Å². The highest BCUT2D eigenvalue weighted by Gasteiger charge is 2.38. The molecule has 1 aliphatic heterocycles. The summed E-state index contributed by atoms with van der Waals surface area (Å²) in [6.07, 6.45) is 1.41. The third-order valence-corrected chi connectivity index (χ3v) is 5.40. The van der Waals surface area contributed by atoms with Gasteiger partial charge in [0.1, 0.15) is 24.7 Å². The predicted molar refractivity (Wildman–Crippen MR) is 123 cm³/mol. The van der Waals surface area contributed by atoms with E-state index in [1.54, 1.807) is 42.7 Å². The number of nitrogens with one attached hydrogen (secondary N) is 1. The van der Waals surface area contributed by atoms with Crippen molar-refractivity contribution in [2.24, 2.45) is 0 Å². The minimum Gasteiger partial charge on any atom is -0.495 e. The summed E-state index contributed by atoms with van der Waals surface area (Å²) < 4.78 is 12.3. The van der Waals surface area contributed by atoms with E-state index in [1.807, 2.05) is 42.5 Å². The first kappa shape index (κ1) is 22.1. The zero-order valence-corrected chi connectivity index (χ0v) is 18.7. The van der Waals surface area contributed by atoms with Crippen molar-refractivity contribution in [3.05, 3.63) is 77.8 Å². The molecule has 1 aliphatic rings. The summed E-state index contributed by atoms with van der Waals surface area (Å²) in [7, 11) is 1.54. The highest BCUT2D eigenvalue weighted by atomic mass is 16.5. The Morgan fingerprint density at radius 3 is 2.55 bits per heavy atom.